The highest BCUT2D eigenvalue weighted by atomic mass is 35.5. The van der Waals surface area contributed by atoms with Gasteiger partial charge < -0.3 is 4.57 Å². The molecule has 2 aromatic carbocycles. The number of hydrogen-bond acceptors (Lipinski definition) is 3. The van der Waals surface area contributed by atoms with Crippen LogP contribution in [0.1, 0.15) is 0 Å². The van der Waals surface area contributed by atoms with Crippen molar-refractivity contribution in [2.24, 2.45) is 0 Å². The molecule has 6 heteroatoms. The van der Waals surface area contributed by atoms with Crippen LogP contribution in [0.2, 0.25) is 5.02 Å². The van der Waals surface area contributed by atoms with Crippen LogP contribution in [0.15, 0.2) is 110 Å². The van der Waals surface area contributed by atoms with Crippen LogP contribution < -0.4 is 0 Å². The van der Waals surface area contributed by atoms with Crippen LogP contribution in [0.3, 0.4) is 0 Å². The lowest BCUT2D eigenvalue weighted by Crippen LogP contribution is -1.99. The topological polar surface area (TPSA) is 48.5 Å². The van der Waals surface area contributed by atoms with Gasteiger partial charge in [0.05, 0.1) is 11.2 Å². The molecule has 0 unspecified atom stereocenters. The van der Waals surface area contributed by atoms with E-state index in [0.29, 0.717) is 0 Å². The number of fused-ring (bicyclic) bond motifs is 1. The highest BCUT2D eigenvalue weighted by molar-refractivity contribution is 6.35. The van der Waals surface area contributed by atoms with Gasteiger partial charge >= 0.3 is 0 Å². The fourth-order valence-corrected chi connectivity index (χ4v) is 4.25. The zero-order valence-electron chi connectivity index (χ0n) is 17.5. The summed E-state index contributed by atoms with van der Waals surface area (Å²) in [4.78, 5) is 13.9. The largest absolute Gasteiger partial charge is 0.317 e. The van der Waals surface area contributed by atoms with E-state index >= 15 is 0 Å². The van der Waals surface area contributed by atoms with E-state index < -0.39 is 0 Å². The number of pyridine rings is 2. The quantitative estimate of drug-likeness (QED) is 0.306. The Balaban J connectivity index is 1.45. The zero-order valence-corrected chi connectivity index (χ0v) is 18.3. The molecule has 33 heavy (non-hydrogen) atoms. The maximum Gasteiger partial charge on any atom is 0.146 e. The van der Waals surface area contributed by atoms with Crippen LogP contribution in [0.4, 0.5) is 0 Å². The van der Waals surface area contributed by atoms with Gasteiger partial charge in [0.2, 0.25) is 0 Å². The summed E-state index contributed by atoms with van der Waals surface area (Å²) >= 11 is 6.36. The molecular weight excluding hydrogens is 430 g/mol. The first-order chi connectivity index (χ1) is 16.3. The van der Waals surface area contributed by atoms with Gasteiger partial charge in [-0.15, -0.1) is 0 Å². The monoisotopic (exact) mass is 447 g/mol. The van der Waals surface area contributed by atoms with Gasteiger partial charge in [0.15, 0.2) is 0 Å². The fourth-order valence-electron chi connectivity index (χ4n) is 4.02. The van der Waals surface area contributed by atoms with Crippen molar-refractivity contribution in [2.45, 2.75) is 0 Å². The Bertz CT molecular complexity index is 1550. The molecule has 4 heterocycles. The van der Waals surface area contributed by atoms with E-state index in [4.69, 9.17) is 16.6 Å². The zero-order chi connectivity index (χ0) is 22.2. The van der Waals surface area contributed by atoms with Gasteiger partial charge in [0, 0.05) is 46.4 Å². The summed E-state index contributed by atoms with van der Waals surface area (Å²) in [6.07, 6.45) is 7.58. The predicted octanol–water partition coefficient (Wildman–Crippen LogP) is 6.59. The third-order valence-electron chi connectivity index (χ3n) is 5.61. The van der Waals surface area contributed by atoms with Gasteiger partial charge in [-0.1, -0.05) is 29.8 Å². The Morgan fingerprint density at radius 3 is 2.24 bits per heavy atom. The maximum absolute atomic E-state index is 6.36. The fraction of sp³-hybridized carbons (Fsp3) is 0. The van der Waals surface area contributed by atoms with E-state index in [9.17, 15) is 0 Å². The second-order valence-corrected chi connectivity index (χ2v) is 8.04. The summed E-state index contributed by atoms with van der Waals surface area (Å²) < 4.78 is 4.14. The molecule has 0 saturated carbocycles. The molecule has 0 aliphatic carbocycles. The summed E-state index contributed by atoms with van der Waals surface area (Å²) in [5, 5.41) is 1.79. The minimum Gasteiger partial charge on any atom is -0.317 e. The molecule has 0 saturated heterocycles. The third kappa shape index (κ3) is 3.49. The SMILES string of the molecule is Clc1cccc2c1ccn2-c1ccc(-c2nc(-c3ccccn3)cn2-c2ccccn2)cc1. The van der Waals surface area contributed by atoms with Gasteiger partial charge in [-0.25, -0.2) is 9.97 Å². The number of nitrogens with zero attached hydrogens (tertiary/aromatic N) is 5. The molecule has 0 fully saturated rings. The van der Waals surface area contributed by atoms with Crippen molar-refractivity contribution in [1.82, 2.24) is 24.1 Å². The molecule has 0 radical (unpaired) electrons. The van der Waals surface area contributed by atoms with Crippen molar-refractivity contribution < 1.29 is 0 Å². The van der Waals surface area contributed by atoms with Crippen LogP contribution in [-0.2, 0) is 0 Å². The Morgan fingerprint density at radius 1 is 0.667 bits per heavy atom. The number of halogens is 1. The summed E-state index contributed by atoms with van der Waals surface area (Å²) in [5.41, 5.74) is 4.73. The summed E-state index contributed by atoms with van der Waals surface area (Å²) in [6.45, 7) is 0. The molecule has 0 aliphatic heterocycles. The van der Waals surface area contributed by atoms with Crippen molar-refractivity contribution in [2.75, 3.05) is 0 Å². The van der Waals surface area contributed by atoms with Gasteiger partial charge in [-0.2, -0.15) is 0 Å². The van der Waals surface area contributed by atoms with Crippen molar-refractivity contribution in [3.63, 3.8) is 0 Å². The molecular formula is C27H18ClN5. The molecule has 0 atom stereocenters. The summed E-state index contributed by atoms with van der Waals surface area (Å²) in [6, 6.07) is 28.0. The van der Waals surface area contributed by atoms with E-state index in [1.165, 1.54) is 0 Å². The normalized spacial score (nSPS) is 11.2. The Hall–Kier alpha value is -4.22. The van der Waals surface area contributed by atoms with E-state index in [0.717, 1.165) is 50.2 Å². The summed E-state index contributed by atoms with van der Waals surface area (Å²) in [7, 11) is 0. The van der Waals surface area contributed by atoms with Crippen LogP contribution in [-0.4, -0.2) is 24.1 Å². The number of hydrogen-bond donors (Lipinski definition) is 0. The molecule has 5 nitrogen and oxygen atoms in total. The van der Waals surface area contributed by atoms with Crippen molar-refractivity contribution in [1.29, 1.82) is 0 Å². The number of rotatable bonds is 4. The van der Waals surface area contributed by atoms with Gasteiger partial charge in [0.25, 0.3) is 0 Å². The number of benzene rings is 2. The van der Waals surface area contributed by atoms with Crippen LogP contribution in [0.25, 0.3) is 45.2 Å². The second-order valence-electron chi connectivity index (χ2n) is 7.63. The first-order valence-corrected chi connectivity index (χ1v) is 10.9. The molecule has 4 aromatic heterocycles. The van der Waals surface area contributed by atoms with Crippen LogP contribution in [0.5, 0.6) is 0 Å². The van der Waals surface area contributed by atoms with Gasteiger partial charge in [-0.05, 0) is 66.7 Å². The molecule has 0 N–H and O–H groups in total. The Kier molecular flexibility index (Phi) is 4.74. The first kappa shape index (κ1) is 19.5. The lowest BCUT2D eigenvalue weighted by Gasteiger charge is -2.09. The molecule has 0 spiro atoms. The van der Waals surface area contributed by atoms with Crippen molar-refractivity contribution in [3.05, 3.63) is 115 Å². The average molecular weight is 448 g/mol. The van der Waals surface area contributed by atoms with E-state index in [1.54, 1.807) is 12.4 Å². The highest BCUT2D eigenvalue weighted by Gasteiger charge is 2.15. The van der Waals surface area contributed by atoms with Gasteiger partial charge in [-0.3, -0.25) is 9.55 Å². The molecule has 0 amide bonds. The molecule has 0 bridgehead atoms. The summed E-state index contributed by atoms with van der Waals surface area (Å²) in [5.74, 6) is 1.61. The maximum atomic E-state index is 6.36. The minimum absolute atomic E-state index is 0.752. The third-order valence-corrected chi connectivity index (χ3v) is 5.94. The molecule has 6 rings (SSSR count). The van der Waals surface area contributed by atoms with Gasteiger partial charge in [0.1, 0.15) is 17.3 Å². The Morgan fingerprint density at radius 2 is 1.48 bits per heavy atom. The Labute approximate surface area is 195 Å². The first-order valence-electron chi connectivity index (χ1n) is 10.6. The standard InChI is InChI=1S/C27H18ClN5/c28-22-6-5-8-25-21(22)14-17-32(25)20-12-10-19(11-13-20)27-31-24(23-7-1-3-15-29-23)18-33(27)26-9-2-4-16-30-26/h1-18H. The number of imidazole rings is 1. The van der Waals surface area contributed by atoms with Crippen molar-refractivity contribution in [3.8, 4) is 34.3 Å². The second kappa shape index (κ2) is 8.04. The molecule has 158 valence electrons. The molecule has 0 aliphatic rings. The predicted molar refractivity (Wildman–Crippen MR) is 132 cm³/mol. The van der Waals surface area contributed by atoms with Crippen molar-refractivity contribution >= 4 is 22.5 Å². The van der Waals surface area contributed by atoms with Crippen LogP contribution >= 0.6 is 11.6 Å². The van der Waals surface area contributed by atoms with Crippen LogP contribution in [0, 0.1) is 0 Å². The van der Waals surface area contributed by atoms with E-state index in [2.05, 4.69) is 44.9 Å². The minimum atomic E-state index is 0.752. The smallest absolute Gasteiger partial charge is 0.146 e. The average Bonchev–Trinajstić information content (AvgIpc) is 3.51. The van der Waals surface area contributed by atoms with E-state index in [-0.39, 0.29) is 0 Å². The highest BCUT2D eigenvalue weighted by Crippen LogP contribution is 2.30. The number of aromatic nitrogens is 5. The lowest BCUT2D eigenvalue weighted by atomic mass is 10.2. The molecule has 6 aromatic rings. The lowest BCUT2D eigenvalue weighted by molar-refractivity contribution is 1.00. The van der Waals surface area contributed by atoms with E-state index in [1.807, 2.05) is 71.6 Å².